The zero-order valence-electron chi connectivity index (χ0n) is 12.0. The van der Waals surface area contributed by atoms with Crippen LogP contribution < -0.4 is 10.2 Å². The van der Waals surface area contributed by atoms with E-state index < -0.39 is 0 Å². The normalized spacial score (nSPS) is 22.9. The highest BCUT2D eigenvalue weighted by atomic mass is 19.1. The Morgan fingerprint density at radius 3 is 3.15 bits per heavy atom. The van der Waals surface area contributed by atoms with Crippen molar-refractivity contribution in [1.29, 1.82) is 0 Å². The Morgan fingerprint density at radius 2 is 2.30 bits per heavy atom. The number of piperazine rings is 1. The number of rotatable bonds is 4. The smallest absolute Gasteiger partial charge is 0.224 e. The molecule has 2 fully saturated rings. The van der Waals surface area contributed by atoms with Crippen molar-refractivity contribution in [1.82, 2.24) is 14.9 Å². The molecule has 0 amide bonds. The predicted molar refractivity (Wildman–Crippen MR) is 77.6 cm³/mol. The van der Waals surface area contributed by atoms with Gasteiger partial charge >= 0.3 is 0 Å². The average molecular weight is 279 g/mol. The Kier molecular flexibility index (Phi) is 4.00. The minimum atomic E-state index is -0.321. The molecule has 0 bridgehead atoms. The molecule has 1 aromatic rings. The minimum Gasteiger partial charge on any atom is -0.354 e. The summed E-state index contributed by atoms with van der Waals surface area (Å²) in [4.78, 5) is 12.9. The third-order valence-electron chi connectivity index (χ3n) is 4.15. The Bertz CT molecular complexity index is 467. The molecule has 0 aromatic carbocycles. The fraction of sp³-hybridized carbons (Fsp3) is 0.714. The lowest BCUT2D eigenvalue weighted by molar-refractivity contribution is 0.229. The molecule has 1 aromatic heterocycles. The second-order valence-corrected chi connectivity index (χ2v) is 5.57. The molecule has 3 heterocycles. The Balaban J connectivity index is 1.75. The maximum atomic E-state index is 14.0. The van der Waals surface area contributed by atoms with Gasteiger partial charge in [0, 0.05) is 32.2 Å². The highest BCUT2D eigenvalue weighted by Gasteiger charge is 2.32. The number of halogens is 1. The molecular weight excluding hydrogens is 257 g/mol. The first kappa shape index (κ1) is 13.5. The summed E-state index contributed by atoms with van der Waals surface area (Å²) >= 11 is 0. The summed E-state index contributed by atoms with van der Waals surface area (Å²) in [5, 5.41) is 3.12. The summed E-state index contributed by atoms with van der Waals surface area (Å²) in [7, 11) is 0. The molecule has 1 N–H and O–H groups in total. The highest BCUT2D eigenvalue weighted by Crippen LogP contribution is 2.26. The lowest BCUT2D eigenvalue weighted by atomic mass is 10.1. The number of nitrogens with zero attached hydrogens (tertiary/aromatic N) is 4. The molecule has 1 atom stereocenters. The van der Waals surface area contributed by atoms with E-state index in [9.17, 15) is 4.39 Å². The largest absolute Gasteiger partial charge is 0.354 e. The highest BCUT2D eigenvalue weighted by molar-refractivity contribution is 5.44. The fourth-order valence-electron chi connectivity index (χ4n) is 3.09. The molecule has 0 radical (unpaired) electrons. The van der Waals surface area contributed by atoms with Gasteiger partial charge in [-0.05, 0) is 25.8 Å². The maximum Gasteiger partial charge on any atom is 0.224 e. The average Bonchev–Trinajstić information content (AvgIpc) is 2.93. The number of hydrogen-bond donors (Lipinski definition) is 1. The van der Waals surface area contributed by atoms with Crippen LogP contribution in [0.4, 0.5) is 16.2 Å². The van der Waals surface area contributed by atoms with Crippen molar-refractivity contribution in [3.63, 3.8) is 0 Å². The standard InChI is InChI=1S/C14H22FN5/c1-2-5-16-14-17-9-12(15)13(18-14)20-8-7-19-6-3-4-11(19)10-20/h9,11H,2-8,10H2,1H3,(H,16,17,18). The first-order chi connectivity index (χ1) is 9.78. The van der Waals surface area contributed by atoms with Crippen molar-refractivity contribution in [2.24, 2.45) is 0 Å². The summed E-state index contributed by atoms with van der Waals surface area (Å²) in [6.45, 7) is 6.80. The van der Waals surface area contributed by atoms with E-state index in [1.54, 1.807) is 0 Å². The first-order valence-corrected chi connectivity index (χ1v) is 7.53. The van der Waals surface area contributed by atoms with E-state index >= 15 is 0 Å². The van der Waals surface area contributed by atoms with Crippen molar-refractivity contribution in [3.05, 3.63) is 12.0 Å². The van der Waals surface area contributed by atoms with Gasteiger partial charge in [0.1, 0.15) is 0 Å². The molecule has 20 heavy (non-hydrogen) atoms. The van der Waals surface area contributed by atoms with Crippen LogP contribution in [0.3, 0.4) is 0 Å². The van der Waals surface area contributed by atoms with Gasteiger partial charge < -0.3 is 10.2 Å². The van der Waals surface area contributed by atoms with E-state index in [0.717, 1.165) is 32.6 Å². The van der Waals surface area contributed by atoms with Crippen molar-refractivity contribution in [2.75, 3.05) is 42.9 Å². The van der Waals surface area contributed by atoms with Crippen LogP contribution in [0.25, 0.3) is 0 Å². The van der Waals surface area contributed by atoms with Gasteiger partial charge in [-0.15, -0.1) is 0 Å². The number of nitrogens with one attached hydrogen (secondary N) is 1. The van der Waals surface area contributed by atoms with Crippen LogP contribution in [0.2, 0.25) is 0 Å². The van der Waals surface area contributed by atoms with Crippen LogP contribution >= 0.6 is 0 Å². The quantitative estimate of drug-likeness (QED) is 0.909. The first-order valence-electron chi connectivity index (χ1n) is 7.53. The van der Waals surface area contributed by atoms with Gasteiger partial charge in [-0.25, -0.2) is 9.37 Å². The number of anilines is 2. The summed E-state index contributed by atoms with van der Waals surface area (Å²) < 4.78 is 14.0. The van der Waals surface area contributed by atoms with Crippen molar-refractivity contribution < 1.29 is 4.39 Å². The third kappa shape index (κ3) is 2.70. The van der Waals surface area contributed by atoms with Crippen molar-refractivity contribution >= 4 is 11.8 Å². The van der Waals surface area contributed by atoms with E-state index in [4.69, 9.17) is 0 Å². The Labute approximate surface area is 119 Å². The van der Waals surface area contributed by atoms with Gasteiger partial charge in [0.15, 0.2) is 11.6 Å². The predicted octanol–water partition coefficient (Wildman–Crippen LogP) is 1.72. The molecule has 2 aliphatic heterocycles. The molecule has 0 aliphatic carbocycles. The summed E-state index contributed by atoms with van der Waals surface area (Å²) in [5.74, 6) is 0.653. The Hall–Kier alpha value is -1.43. The molecule has 5 nitrogen and oxygen atoms in total. The van der Waals surface area contributed by atoms with Gasteiger partial charge in [-0.2, -0.15) is 4.98 Å². The van der Waals surface area contributed by atoms with E-state index in [1.165, 1.54) is 25.6 Å². The third-order valence-corrected chi connectivity index (χ3v) is 4.15. The van der Waals surface area contributed by atoms with E-state index in [2.05, 4.69) is 32.0 Å². The molecule has 6 heteroatoms. The SMILES string of the molecule is CCCNc1ncc(F)c(N2CCN3CCCC3C2)n1. The van der Waals surface area contributed by atoms with Gasteiger partial charge in [0.2, 0.25) is 5.95 Å². The van der Waals surface area contributed by atoms with Crippen molar-refractivity contribution in [3.8, 4) is 0 Å². The molecule has 1 unspecified atom stereocenters. The molecule has 110 valence electrons. The zero-order valence-corrected chi connectivity index (χ0v) is 12.0. The topological polar surface area (TPSA) is 44.3 Å². The Morgan fingerprint density at radius 1 is 1.40 bits per heavy atom. The second-order valence-electron chi connectivity index (χ2n) is 5.57. The van der Waals surface area contributed by atoms with E-state index in [0.29, 0.717) is 17.8 Å². The minimum absolute atomic E-state index is 0.321. The second kappa shape index (κ2) is 5.91. The van der Waals surface area contributed by atoms with Crippen LogP contribution in [-0.2, 0) is 0 Å². The monoisotopic (exact) mass is 279 g/mol. The molecular formula is C14H22FN5. The lowest BCUT2D eigenvalue weighted by Gasteiger charge is -2.38. The van der Waals surface area contributed by atoms with Crippen LogP contribution in [0.15, 0.2) is 6.20 Å². The molecule has 2 saturated heterocycles. The summed E-state index contributed by atoms with van der Waals surface area (Å²) in [6.07, 6.45) is 4.75. The summed E-state index contributed by atoms with van der Waals surface area (Å²) in [5.41, 5.74) is 0. The van der Waals surface area contributed by atoms with Gasteiger partial charge in [-0.3, -0.25) is 4.90 Å². The van der Waals surface area contributed by atoms with Gasteiger partial charge in [-0.1, -0.05) is 6.92 Å². The molecule has 0 saturated carbocycles. The zero-order chi connectivity index (χ0) is 13.9. The molecule has 0 spiro atoms. The summed E-state index contributed by atoms with van der Waals surface area (Å²) in [6, 6.07) is 0.560. The van der Waals surface area contributed by atoms with E-state index in [-0.39, 0.29) is 5.82 Å². The molecule has 2 aliphatic rings. The van der Waals surface area contributed by atoms with Crippen LogP contribution in [0.5, 0.6) is 0 Å². The van der Waals surface area contributed by atoms with Crippen LogP contribution in [0.1, 0.15) is 26.2 Å². The van der Waals surface area contributed by atoms with Gasteiger partial charge in [0.05, 0.1) is 6.20 Å². The lowest BCUT2D eigenvalue weighted by Crippen LogP contribution is -2.50. The fourth-order valence-corrected chi connectivity index (χ4v) is 3.09. The van der Waals surface area contributed by atoms with Gasteiger partial charge in [0.25, 0.3) is 0 Å². The number of fused-ring (bicyclic) bond motifs is 1. The molecule has 3 rings (SSSR count). The number of aromatic nitrogens is 2. The van der Waals surface area contributed by atoms with Crippen LogP contribution in [0, 0.1) is 5.82 Å². The van der Waals surface area contributed by atoms with E-state index in [1.807, 2.05) is 0 Å². The van der Waals surface area contributed by atoms with Crippen LogP contribution in [-0.4, -0.2) is 53.6 Å². The van der Waals surface area contributed by atoms with Crippen molar-refractivity contribution in [2.45, 2.75) is 32.2 Å². The maximum absolute atomic E-state index is 14.0. The number of hydrogen-bond acceptors (Lipinski definition) is 5.